The fraction of sp³-hybridized carbons (Fsp3) is 0.280. The molecule has 1 unspecified atom stereocenters. The van der Waals surface area contributed by atoms with E-state index in [0.29, 0.717) is 65.2 Å². The van der Waals surface area contributed by atoms with Gasteiger partial charge in [-0.2, -0.15) is 9.97 Å². The van der Waals surface area contributed by atoms with Crippen LogP contribution in [0.4, 0.5) is 8.78 Å². The highest BCUT2D eigenvalue weighted by atomic mass is 19.1. The molecular weight excluding hydrogens is 470 g/mol. The minimum atomic E-state index is -0.648. The SMILES string of the molecule is COc1ncnc2ccn(-c3cnc4nc(OCC5CCOC5)n(Cc5cc(F)cc(F)c5)c4c3)c12. The van der Waals surface area contributed by atoms with Crippen LogP contribution in [0.1, 0.15) is 12.0 Å². The van der Waals surface area contributed by atoms with Gasteiger partial charge in [-0.15, -0.1) is 0 Å². The summed E-state index contributed by atoms with van der Waals surface area (Å²) >= 11 is 0. The van der Waals surface area contributed by atoms with Crippen LogP contribution in [0.2, 0.25) is 0 Å². The number of aromatic nitrogens is 6. The third kappa shape index (κ3) is 4.11. The first-order valence-electron chi connectivity index (χ1n) is 11.5. The van der Waals surface area contributed by atoms with E-state index < -0.39 is 11.6 Å². The molecule has 6 rings (SSSR count). The molecule has 0 amide bonds. The highest BCUT2D eigenvalue weighted by molar-refractivity contribution is 5.83. The van der Waals surface area contributed by atoms with Crippen LogP contribution >= 0.6 is 0 Å². The number of ether oxygens (including phenoxy) is 3. The second-order valence-corrected chi connectivity index (χ2v) is 8.64. The maximum Gasteiger partial charge on any atom is 0.299 e. The number of nitrogens with zero attached hydrogens (tertiary/aromatic N) is 6. The summed E-state index contributed by atoms with van der Waals surface area (Å²) in [7, 11) is 1.55. The number of hydrogen-bond donors (Lipinski definition) is 0. The normalized spacial score (nSPS) is 15.7. The van der Waals surface area contributed by atoms with E-state index in [0.717, 1.165) is 12.5 Å². The zero-order valence-corrected chi connectivity index (χ0v) is 19.4. The Bertz CT molecular complexity index is 1540. The third-order valence-corrected chi connectivity index (χ3v) is 6.20. The molecule has 0 saturated carbocycles. The van der Waals surface area contributed by atoms with Gasteiger partial charge in [0.05, 0.1) is 49.8 Å². The Labute approximate surface area is 204 Å². The average molecular weight is 492 g/mol. The highest BCUT2D eigenvalue weighted by Crippen LogP contribution is 2.29. The van der Waals surface area contributed by atoms with Crippen molar-refractivity contribution in [2.75, 3.05) is 26.9 Å². The van der Waals surface area contributed by atoms with Crippen molar-refractivity contribution in [3.63, 3.8) is 0 Å². The first-order chi connectivity index (χ1) is 17.6. The number of imidazole rings is 1. The summed E-state index contributed by atoms with van der Waals surface area (Å²) in [4.78, 5) is 17.6. The van der Waals surface area contributed by atoms with E-state index in [1.807, 2.05) is 22.9 Å². The Morgan fingerprint density at radius 3 is 2.75 bits per heavy atom. The van der Waals surface area contributed by atoms with Crippen molar-refractivity contribution in [2.45, 2.75) is 13.0 Å². The summed E-state index contributed by atoms with van der Waals surface area (Å²) in [6.07, 6.45) is 5.88. The molecule has 0 radical (unpaired) electrons. The molecular formula is C25H22F2N6O3. The smallest absolute Gasteiger partial charge is 0.299 e. The lowest BCUT2D eigenvalue weighted by molar-refractivity contribution is 0.162. The Balaban J connectivity index is 1.45. The molecule has 5 heterocycles. The summed E-state index contributed by atoms with van der Waals surface area (Å²) in [5.41, 5.74) is 3.66. The zero-order valence-electron chi connectivity index (χ0n) is 19.4. The lowest BCUT2D eigenvalue weighted by Crippen LogP contribution is -2.14. The van der Waals surface area contributed by atoms with Gasteiger partial charge in [-0.3, -0.25) is 4.57 Å². The van der Waals surface area contributed by atoms with Crippen LogP contribution in [0.5, 0.6) is 11.9 Å². The molecule has 9 nitrogen and oxygen atoms in total. The van der Waals surface area contributed by atoms with Gasteiger partial charge in [0.15, 0.2) is 5.65 Å². The van der Waals surface area contributed by atoms with Crippen molar-refractivity contribution in [2.24, 2.45) is 5.92 Å². The monoisotopic (exact) mass is 492 g/mol. The molecule has 0 bridgehead atoms. The topological polar surface area (TPSA) is 89.1 Å². The number of benzene rings is 1. The molecule has 36 heavy (non-hydrogen) atoms. The summed E-state index contributed by atoms with van der Waals surface area (Å²) in [5, 5.41) is 0. The quantitative estimate of drug-likeness (QED) is 0.340. The minimum Gasteiger partial charge on any atom is -0.479 e. The number of pyridine rings is 1. The number of halogens is 2. The standard InChI is InChI=1S/C25H22F2N6O3/c1-34-24-22-20(29-14-30-24)2-4-32(22)19-9-21-23(28-10-19)31-25(36-13-15-3-5-35-12-15)33(21)11-16-6-17(26)8-18(27)7-16/h2,4,6-10,14-15H,3,5,11-13H2,1H3. The molecule has 5 aromatic rings. The average Bonchev–Trinajstić information content (AvgIpc) is 3.61. The Hall–Kier alpha value is -4.12. The molecule has 0 spiro atoms. The predicted octanol–water partition coefficient (Wildman–Crippen LogP) is 3.92. The largest absolute Gasteiger partial charge is 0.479 e. The van der Waals surface area contributed by atoms with Crippen molar-refractivity contribution in [1.82, 2.24) is 29.1 Å². The molecule has 0 N–H and O–H groups in total. The van der Waals surface area contributed by atoms with Crippen LogP contribution in [-0.2, 0) is 11.3 Å². The van der Waals surface area contributed by atoms with Gasteiger partial charge in [0, 0.05) is 24.8 Å². The second kappa shape index (κ2) is 9.15. The third-order valence-electron chi connectivity index (χ3n) is 6.20. The molecule has 1 atom stereocenters. The van der Waals surface area contributed by atoms with E-state index in [1.165, 1.54) is 18.5 Å². The van der Waals surface area contributed by atoms with Crippen LogP contribution in [0.3, 0.4) is 0 Å². The number of methoxy groups -OCH3 is 1. The van der Waals surface area contributed by atoms with Gasteiger partial charge >= 0.3 is 0 Å². The molecule has 1 aromatic carbocycles. The van der Waals surface area contributed by atoms with Crippen molar-refractivity contribution in [1.29, 1.82) is 0 Å². The summed E-state index contributed by atoms with van der Waals surface area (Å²) in [6, 6.07) is 7.51. The van der Waals surface area contributed by atoms with Crippen LogP contribution < -0.4 is 9.47 Å². The molecule has 1 saturated heterocycles. The van der Waals surface area contributed by atoms with Gasteiger partial charge in [0.2, 0.25) is 5.88 Å². The van der Waals surface area contributed by atoms with Crippen LogP contribution in [-0.4, -0.2) is 56.0 Å². The summed E-state index contributed by atoms with van der Waals surface area (Å²) in [5.74, 6) is -0.613. The predicted molar refractivity (Wildman–Crippen MR) is 126 cm³/mol. The minimum absolute atomic E-state index is 0.145. The van der Waals surface area contributed by atoms with E-state index in [2.05, 4.69) is 19.9 Å². The maximum absolute atomic E-state index is 13.9. The molecule has 4 aromatic heterocycles. The van der Waals surface area contributed by atoms with Gasteiger partial charge in [0.25, 0.3) is 6.01 Å². The molecule has 1 aliphatic rings. The number of rotatable bonds is 7. The second-order valence-electron chi connectivity index (χ2n) is 8.64. The Kier molecular flexibility index (Phi) is 5.68. The van der Waals surface area contributed by atoms with Crippen LogP contribution in [0.15, 0.2) is 49.1 Å². The first kappa shape index (κ1) is 22.4. The fourth-order valence-electron chi connectivity index (χ4n) is 4.47. The number of fused-ring (bicyclic) bond motifs is 2. The lowest BCUT2D eigenvalue weighted by atomic mass is 10.1. The zero-order chi connectivity index (χ0) is 24.6. The van der Waals surface area contributed by atoms with E-state index in [4.69, 9.17) is 14.2 Å². The summed E-state index contributed by atoms with van der Waals surface area (Å²) in [6.45, 7) is 1.90. The summed E-state index contributed by atoms with van der Waals surface area (Å²) < 4.78 is 48.5. The molecule has 1 aliphatic heterocycles. The molecule has 1 fully saturated rings. The fourth-order valence-corrected chi connectivity index (χ4v) is 4.47. The highest BCUT2D eigenvalue weighted by Gasteiger charge is 2.21. The van der Waals surface area contributed by atoms with Crippen molar-refractivity contribution >= 4 is 22.2 Å². The Morgan fingerprint density at radius 1 is 1.11 bits per heavy atom. The van der Waals surface area contributed by atoms with Crippen LogP contribution in [0, 0.1) is 17.6 Å². The lowest BCUT2D eigenvalue weighted by Gasteiger charge is -2.13. The van der Waals surface area contributed by atoms with Gasteiger partial charge in [-0.1, -0.05) is 0 Å². The maximum atomic E-state index is 13.9. The Morgan fingerprint density at radius 2 is 1.97 bits per heavy atom. The molecule has 184 valence electrons. The van der Waals surface area contributed by atoms with Gasteiger partial charge in [0.1, 0.15) is 23.5 Å². The molecule has 11 heteroatoms. The van der Waals surface area contributed by atoms with Gasteiger partial charge in [-0.25, -0.2) is 18.7 Å². The van der Waals surface area contributed by atoms with E-state index in [1.54, 1.807) is 17.9 Å². The van der Waals surface area contributed by atoms with E-state index >= 15 is 0 Å². The first-order valence-corrected chi connectivity index (χ1v) is 11.5. The van der Waals surface area contributed by atoms with E-state index in [-0.39, 0.29) is 12.5 Å². The molecule has 0 aliphatic carbocycles. The number of hydrogen-bond acceptors (Lipinski definition) is 7. The van der Waals surface area contributed by atoms with Crippen molar-refractivity contribution in [3.05, 3.63) is 66.3 Å². The van der Waals surface area contributed by atoms with Gasteiger partial charge < -0.3 is 18.8 Å². The van der Waals surface area contributed by atoms with E-state index in [9.17, 15) is 8.78 Å². The van der Waals surface area contributed by atoms with Crippen molar-refractivity contribution in [3.8, 4) is 17.6 Å². The van der Waals surface area contributed by atoms with Crippen molar-refractivity contribution < 1.29 is 23.0 Å². The van der Waals surface area contributed by atoms with Crippen LogP contribution in [0.25, 0.3) is 27.9 Å². The van der Waals surface area contributed by atoms with Gasteiger partial charge in [-0.05, 0) is 36.2 Å².